The Morgan fingerprint density at radius 3 is 2.93 bits per heavy atom. The molecule has 0 saturated carbocycles. The van der Waals surface area contributed by atoms with Crippen molar-refractivity contribution in [3.8, 4) is 5.88 Å². The minimum atomic E-state index is -0.577. The number of ether oxygens (including phenoxy) is 1. The molecule has 0 aliphatic carbocycles. The first-order chi connectivity index (χ1) is 6.65. The number of amides is 1. The molecule has 0 radical (unpaired) electrons. The number of aliphatic hydroxyl groups is 1. The van der Waals surface area contributed by atoms with E-state index in [0.717, 1.165) is 0 Å². The van der Waals surface area contributed by atoms with Crippen molar-refractivity contribution in [2.75, 3.05) is 7.05 Å². The second-order valence-electron chi connectivity index (χ2n) is 2.75. The van der Waals surface area contributed by atoms with Gasteiger partial charge in [0.05, 0.1) is 6.61 Å². The summed E-state index contributed by atoms with van der Waals surface area (Å²) in [6, 6.07) is 3.24. The average molecular weight is 196 g/mol. The first-order valence-electron chi connectivity index (χ1n) is 4.13. The molecular formula is C9H12N2O3. The number of aryl methyl sites for hydroxylation is 1. The minimum Gasteiger partial charge on any atom is -0.392 e. The van der Waals surface area contributed by atoms with Crippen molar-refractivity contribution in [1.82, 2.24) is 10.3 Å². The summed E-state index contributed by atoms with van der Waals surface area (Å²) in [5, 5.41) is 11.2. The molecule has 0 aliphatic rings. The summed E-state index contributed by atoms with van der Waals surface area (Å²) in [4.78, 5) is 14.8. The molecule has 0 aliphatic heterocycles. The van der Waals surface area contributed by atoms with Gasteiger partial charge in [-0.3, -0.25) is 0 Å². The molecule has 5 heteroatoms. The van der Waals surface area contributed by atoms with Gasteiger partial charge < -0.3 is 15.2 Å². The Labute approximate surface area is 81.7 Å². The quantitative estimate of drug-likeness (QED) is 0.726. The maximum atomic E-state index is 10.9. The van der Waals surface area contributed by atoms with Crippen molar-refractivity contribution < 1.29 is 14.6 Å². The third-order valence-electron chi connectivity index (χ3n) is 1.57. The van der Waals surface area contributed by atoms with Gasteiger partial charge in [0.15, 0.2) is 0 Å². The molecule has 1 heterocycles. The van der Waals surface area contributed by atoms with Crippen LogP contribution in [-0.4, -0.2) is 23.2 Å². The van der Waals surface area contributed by atoms with Gasteiger partial charge in [-0.2, -0.15) is 0 Å². The van der Waals surface area contributed by atoms with E-state index in [1.54, 1.807) is 13.0 Å². The average Bonchev–Trinajstić information content (AvgIpc) is 2.16. The van der Waals surface area contributed by atoms with Crippen LogP contribution in [0.3, 0.4) is 0 Å². The Morgan fingerprint density at radius 2 is 2.36 bits per heavy atom. The van der Waals surface area contributed by atoms with Crippen LogP contribution >= 0.6 is 0 Å². The Hall–Kier alpha value is -1.62. The number of rotatable bonds is 2. The second-order valence-corrected chi connectivity index (χ2v) is 2.75. The number of aromatic nitrogens is 1. The number of hydrogen-bond acceptors (Lipinski definition) is 4. The Bertz CT molecular complexity index is 339. The number of aliphatic hydroxyl groups excluding tert-OH is 1. The highest BCUT2D eigenvalue weighted by atomic mass is 16.6. The number of hydrogen-bond donors (Lipinski definition) is 2. The second kappa shape index (κ2) is 4.57. The van der Waals surface area contributed by atoms with Crippen LogP contribution in [0.1, 0.15) is 11.3 Å². The van der Waals surface area contributed by atoms with Gasteiger partial charge in [-0.25, -0.2) is 9.78 Å². The summed E-state index contributed by atoms with van der Waals surface area (Å²) in [5.41, 5.74) is 1.35. The standard InChI is InChI=1S/C9H12N2O3/c1-6-3-7(5-12)4-8(11-6)14-9(13)10-2/h3-4,12H,5H2,1-2H3,(H,10,13). The molecule has 1 aromatic heterocycles. The highest BCUT2D eigenvalue weighted by Crippen LogP contribution is 2.12. The van der Waals surface area contributed by atoms with Crippen LogP contribution in [-0.2, 0) is 6.61 Å². The van der Waals surface area contributed by atoms with E-state index in [9.17, 15) is 4.79 Å². The molecule has 0 aromatic carbocycles. The van der Waals surface area contributed by atoms with Crippen LogP contribution in [0.4, 0.5) is 4.79 Å². The van der Waals surface area contributed by atoms with Gasteiger partial charge in [-0.15, -0.1) is 0 Å². The zero-order valence-electron chi connectivity index (χ0n) is 8.07. The predicted octanol–water partition coefficient (Wildman–Crippen LogP) is 0.601. The number of carbonyl (C=O) groups excluding carboxylic acids is 1. The zero-order valence-corrected chi connectivity index (χ0v) is 8.07. The van der Waals surface area contributed by atoms with Crippen molar-refractivity contribution in [3.05, 3.63) is 23.4 Å². The fourth-order valence-electron chi connectivity index (χ4n) is 0.997. The summed E-state index contributed by atoms with van der Waals surface area (Å²) in [6.45, 7) is 1.66. The highest BCUT2D eigenvalue weighted by Gasteiger charge is 2.04. The zero-order chi connectivity index (χ0) is 10.6. The van der Waals surface area contributed by atoms with E-state index in [1.807, 2.05) is 0 Å². The molecule has 76 valence electrons. The van der Waals surface area contributed by atoms with Gasteiger partial charge in [0.1, 0.15) is 0 Å². The third-order valence-corrected chi connectivity index (χ3v) is 1.57. The lowest BCUT2D eigenvalue weighted by Crippen LogP contribution is -2.22. The first-order valence-corrected chi connectivity index (χ1v) is 4.13. The molecule has 1 aromatic rings. The Morgan fingerprint density at radius 1 is 1.64 bits per heavy atom. The van der Waals surface area contributed by atoms with E-state index in [1.165, 1.54) is 13.1 Å². The fourth-order valence-corrected chi connectivity index (χ4v) is 0.997. The Kier molecular flexibility index (Phi) is 3.41. The van der Waals surface area contributed by atoms with Gasteiger partial charge in [-0.05, 0) is 18.6 Å². The molecule has 0 fully saturated rings. The molecule has 1 rings (SSSR count). The van der Waals surface area contributed by atoms with Crippen LogP contribution in [0.5, 0.6) is 5.88 Å². The molecule has 14 heavy (non-hydrogen) atoms. The third kappa shape index (κ3) is 2.70. The molecule has 0 unspecified atom stereocenters. The van der Waals surface area contributed by atoms with E-state index in [2.05, 4.69) is 10.3 Å². The maximum absolute atomic E-state index is 10.9. The highest BCUT2D eigenvalue weighted by molar-refractivity contribution is 5.69. The van der Waals surface area contributed by atoms with E-state index in [0.29, 0.717) is 11.3 Å². The monoisotopic (exact) mass is 196 g/mol. The van der Waals surface area contributed by atoms with Crippen LogP contribution in [0.15, 0.2) is 12.1 Å². The molecule has 1 amide bonds. The van der Waals surface area contributed by atoms with Crippen molar-refractivity contribution >= 4 is 6.09 Å². The molecule has 5 nitrogen and oxygen atoms in total. The van der Waals surface area contributed by atoms with Gasteiger partial charge in [0, 0.05) is 18.8 Å². The smallest absolute Gasteiger partial charge is 0.392 e. The van der Waals surface area contributed by atoms with Crippen LogP contribution in [0.25, 0.3) is 0 Å². The SMILES string of the molecule is CNC(=O)Oc1cc(CO)cc(C)n1. The lowest BCUT2D eigenvalue weighted by Gasteiger charge is -2.05. The molecule has 0 spiro atoms. The van der Waals surface area contributed by atoms with E-state index in [4.69, 9.17) is 9.84 Å². The van der Waals surface area contributed by atoms with Gasteiger partial charge >= 0.3 is 6.09 Å². The predicted molar refractivity (Wildman–Crippen MR) is 50.0 cm³/mol. The minimum absolute atomic E-state index is 0.104. The summed E-state index contributed by atoms with van der Waals surface area (Å²) in [7, 11) is 1.46. The van der Waals surface area contributed by atoms with Crippen molar-refractivity contribution in [3.63, 3.8) is 0 Å². The number of carbonyl (C=O) groups is 1. The van der Waals surface area contributed by atoms with Gasteiger partial charge in [-0.1, -0.05) is 0 Å². The first kappa shape index (κ1) is 10.5. The summed E-state index contributed by atoms with van der Waals surface area (Å²) >= 11 is 0. The normalized spacial score (nSPS) is 9.64. The van der Waals surface area contributed by atoms with E-state index < -0.39 is 6.09 Å². The summed E-state index contributed by atoms with van der Waals surface area (Å²) < 4.78 is 4.81. The van der Waals surface area contributed by atoms with Gasteiger partial charge in [0.2, 0.25) is 5.88 Å². The van der Waals surface area contributed by atoms with E-state index in [-0.39, 0.29) is 12.5 Å². The lowest BCUT2D eigenvalue weighted by molar-refractivity contribution is 0.200. The molecule has 0 atom stereocenters. The van der Waals surface area contributed by atoms with Crippen molar-refractivity contribution in [2.24, 2.45) is 0 Å². The number of pyridine rings is 1. The summed E-state index contributed by atoms with van der Waals surface area (Å²) in [5.74, 6) is 0.188. The number of nitrogens with one attached hydrogen (secondary N) is 1. The largest absolute Gasteiger partial charge is 0.413 e. The van der Waals surface area contributed by atoms with Crippen LogP contribution in [0, 0.1) is 6.92 Å². The fraction of sp³-hybridized carbons (Fsp3) is 0.333. The maximum Gasteiger partial charge on any atom is 0.413 e. The Balaban J connectivity index is 2.86. The van der Waals surface area contributed by atoms with Crippen molar-refractivity contribution in [1.29, 1.82) is 0 Å². The van der Waals surface area contributed by atoms with E-state index >= 15 is 0 Å². The molecule has 0 bridgehead atoms. The van der Waals surface area contributed by atoms with Crippen LogP contribution in [0.2, 0.25) is 0 Å². The lowest BCUT2D eigenvalue weighted by atomic mass is 10.2. The van der Waals surface area contributed by atoms with Crippen LogP contribution < -0.4 is 10.1 Å². The van der Waals surface area contributed by atoms with Crippen molar-refractivity contribution in [2.45, 2.75) is 13.5 Å². The molecular weight excluding hydrogens is 184 g/mol. The topological polar surface area (TPSA) is 71.5 Å². The molecule has 2 N–H and O–H groups in total. The van der Waals surface area contributed by atoms with Gasteiger partial charge in [0.25, 0.3) is 0 Å². The molecule has 0 saturated heterocycles. The number of nitrogens with zero attached hydrogens (tertiary/aromatic N) is 1. The summed E-state index contributed by atoms with van der Waals surface area (Å²) in [6.07, 6.45) is -0.577.